The molecule has 1 aliphatic heterocycles. The normalized spacial score (nSPS) is 13.6. The van der Waals surface area contributed by atoms with Gasteiger partial charge in [-0.25, -0.2) is 4.79 Å². The smallest absolute Gasteiger partial charge is 0.414 e. The van der Waals surface area contributed by atoms with E-state index in [2.05, 4.69) is 10.0 Å². The van der Waals surface area contributed by atoms with E-state index >= 15 is 0 Å². The van der Waals surface area contributed by atoms with Crippen molar-refractivity contribution in [3.05, 3.63) is 34.2 Å². The van der Waals surface area contributed by atoms with Crippen molar-refractivity contribution in [3.63, 3.8) is 0 Å². The average molecular weight is 232 g/mol. The van der Waals surface area contributed by atoms with Gasteiger partial charge in [0.2, 0.25) is 0 Å². The van der Waals surface area contributed by atoms with Gasteiger partial charge >= 0.3 is 6.09 Å². The van der Waals surface area contributed by atoms with Gasteiger partial charge in [-0.1, -0.05) is 11.2 Å². The molecule has 1 aromatic rings. The van der Waals surface area contributed by atoms with Crippen LogP contribution < -0.4 is 4.90 Å². The third kappa shape index (κ3) is 2.16. The molecule has 1 aliphatic rings. The minimum atomic E-state index is -0.359. The lowest BCUT2D eigenvalue weighted by molar-refractivity contribution is 0.178. The Hall–Kier alpha value is -2.20. The first kappa shape index (κ1) is 11.3. The van der Waals surface area contributed by atoms with Gasteiger partial charge in [0.25, 0.3) is 0 Å². The van der Waals surface area contributed by atoms with Crippen molar-refractivity contribution in [3.8, 4) is 0 Å². The number of nitrogens with zero attached hydrogens (tertiary/aromatic N) is 4. The van der Waals surface area contributed by atoms with E-state index in [1.807, 2.05) is 6.07 Å². The van der Waals surface area contributed by atoms with E-state index in [4.69, 9.17) is 10.3 Å². The van der Waals surface area contributed by atoms with E-state index in [1.54, 1.807) is 17.0 Å². The highest BCUT2D eigenvalue weighted by Gasteiger charge is 2.22. The summed E-state index contributed by atoms with van der Waals surface area (Å²) in [5, 5.41) is 3.55. The molecule has 0 aromatic heterocycles. The molecule has 0 spiro atoms. The van der Waals surface area contributed by atoms with Crippen LogP contribution in [0.3, 0.4) is 0 Å². The third-order valence-electron chi connectivity index (χ3n) is 2.74. The van der Waals surface area contributed by atoms with Crippen LogP contribution in [0.4, 0.5) is 16.2 Å². The predicted octanol–water partition coefficient (Wildman–Crippen LogP) is 3.15. The molecule has 17 heavy (non-hydrogen) atoms. The molecule has 0 saturated carbocycles. The highest BCUT2D eigenvalue weighted by molar-refractivity contribution is 5.89. The van der Waals surface area contributed by atoms with Crippen molar-refractivity contribution >= 4 is 17.5 Å². The predicted molar refractivity (Wildman–Crippen MR) is 63.3 cm³/mol. The van der Waals surface area contributed by atoms with Gasteiger partial charge in [-0.15, -0.1) is 0 Å². The van der Waals surface area contributed by atoms with Crippen molar-refractivity contribution in [2.24, 2.45) is 5.11 Å². The number of amides is 1. The number of aryl methyl sites for hydroxylation is 1. The topological polar surface area (TPSA) is 78.3 Å². The molecule has 0 bridgehead atoms. The summed E-state index contributed by atoms with van der Waals surface area (Å²) in [5.41, 5.74) is 10.8. The van der Waals surface area contributed by atoms with Crippen molar-refractivity contribution in [1.29, 1.82) is 0 Å². The van der Waals surface area contributed by atoms with Crippen LogP contribution in [0.5, 0.6) is 0 Å². The second-order valence-corrected chi connectivity index (χ2v) is 3.73. The van der Waals surface area contributed by atoms with E-state index < -0.39 is 0 Å². The Labute approximate surface area is 98.4 Å². The largest absolute Gasteiger partial charge is 0.452 e. The van der Waals surface area contributed by atoms with Crippen molar-refractivity contribution in [2.45, 2.75) is 12.8 Å². The maximum Gasteiger partial charge on any atom is 0.414 e. The molecular formula is C11H12N4O2. The fourth-order valence-corrected chi connectivity index (χ4v) is 2.00. The van der Waals surface area contributed by atoms with Gasteiger partial charge in [0.1, 0.15) is 0 Å². The number of fused-ring (bicyclic) bond motifs is 1. The number of azide groups is 1. The number of benzene rings is 1. The number of carbonyl (C=O) groups excluding carboxylic acids is 1. The van der Waals surface area contributed by atoms with Crippen LogP contribution in [0, 0.1) is 0 Å². The minimum Gasteiger partial charge on any atom is -0.452 e. The van der Waals surface area contributed by atoms with Crippen LogP contribution in [-0.2, 0) is 11.2 Å². The number of anilines is 1. The first-order valence-electron chi connectivity index (χ1n) is 5.30. The monoisotopic (exact) mass is 232 g/mol. The van der Waals surface area contributed by atoms with Crippen molar-refractivity contribution < 1.29 is 9.53 Å². The molecule has 1 amide bonds. The Morgan fingerprint density at radius 3 is 3.12 bits per heavy atom. The van der Waals surface area contributed by atoms with E-state index in [-0.39, 0.29) is 6.09 Å². The summed E-state index contributed by atoms with van der Waals surface area (Å²) in [5.74, 6) is 0. The fraction of sp³-hybridized carbons (Fsp3) is 0.364. The lowest BCUT2D eigenvalue weighted by atomic mass is 10.0. The van der Waals surface area contributed by atoms with Gasteiger partial charge in [-0.3, -0.25) is 4.90 Å². The highest BCUT2D eigenvalue weighted by Crippen LogP contribution is 2.31. The first-order chi connectivity index (χ1) is 8.26. The lowest BCUT2D eigenvalue weighted by Gasteiger charge is -2.28. The first-order valence-corrected chi connectivity index (χ1v) is 5.30. The van der Waals surface area contributed by atoms with Gasteiger partial charge in [-0.2, -0.15) is 0 Å². The van der Waals surface area contributed by atoms with Crippen LogP contribution in [0.1, 0.15) is 12.0 Å². The Balaban J connectivity index is 2.39. The summed E-state index contributed by atoms with van der Waals surface area (Å²) >= 11 is 0. The number of hydrogen-bond acceptors (Lipinski definition) is 3. The minimum absolute atomic E-state index is 0.359. The van der Waals surface area contributed by atoms with Gasteiger partial charge in [0, 0.05) is 17.1 Å². The molecule has 0 atom stereocenters. The zero-order chi connectivity index (χ0) is 12.3. The Kier molecular flexibility index (Phi) is 3.16. The molecule has 2 rings (SSSR count). The molecule has 0 N–H and O–H groups in total. The molecule has 1 aromatic carbocycles. The second-order valence-electron chi connectivity index (χ2n) is 3.73. The van der Waals surface area contributed by atoms with Crippen LogP contribution in [0.2, 0.25) is 0 Å². The zero-order valence-corrected chi connectivity index (χ0v) is 9.46. The Bertz CT molecular complexity index is 494. The number of methoxy groups -OCH3 is 1. The van der Waals surface area contributed by atoms with Gasteiger partial charge in [0.05, 0.1) is 12.8 Å². The third-order valence-corrected chi connectivity index (χ3v) is 2.74. The molecular weight excluding hydrogens is 220 g/mol. The molecule has 0 fully saturated rings. The Morgan fingerprint density at radius 1 is 1.59 bits per heavy atom. The molecule has 0 radical (unpaired) electrons. The van der Waals surface area contributed by atoms with E-state index in [0.29, 0.717) is 12.2 Å². The fourth-order valence-electron chi connectivity index (χ4n) is 2.00. The maximum atomic E-state index is 11.6. The lowest BCUT2D eigenvalue weighted by Crippen LogP contribution is -2.35. The van der Waals surface area contributed by atoms with Gasteiger partial charge in [0.15, 0.2) is 0 Å². The molecule has 88 valence electrons. The van der Waals surface area contributed by atoms with E-state index in [1.165, 1.54) is 7.11 Å². The van der Waals surface area contributed by atoms with Crippen LogP contribution in [-0.4, -0.2) is 19.7 Å². The molecule has 6 nitrogen and oxygen atoms in total. The van der Waals surface area contributed by atoms with E-state index in [9.17, 15) is 4.79 Å². The van der Waals surface area contributed by atoms with Gasteiger partial charge in [-0.05, 0) is 36.1 Å². The maximum absolute atomic E-state index is 11.6. The van der Waals surface area contributed by atoms with Crippen molar-refractivity contribution in [2.75, 3.05) is 18.6 Å². The molecule has 0 unspecified atom stereocenters. The summed E-state index contributed by atoms with van der Waals surface area (Å²) in [6, 6.07) is 5.29. The second kappa shape index (κ2) is 4.76. The summed E-state index contributed by atoms with van der Waals surface area (Å²) in [7, 11) is 1.37. The zero-order valence-electron chi connectivity index (χ0n) is 9.46. The van der Waals surface area contributed by atoms with Gasteiger partial charge < -0.3 is 4.74 Å². The number of ether oxygens (including phenoxy) is 1. The van der Waals surface area contributed by atoms with Crippen LogP contribution in [0.25, 0.3) is 10.4 Å². The van der Waals surface area contributed by atoms with Crippen LogP contribution in [0.15, 0.2) is 23.3 Å². The molecule has 1 heterocycles. The number of rotatable bonds is 1. The van der Waals surface area contributed by atoms with Crippen molar-refractivity contribution in [1.82, 2.24) is 0 Å². The summed E-state index contributed by atoms with van der Waals surface area (Å²) in [6.45, 7) is 0.653. The summed E-state index contributed by atoms with van der Waals surface area (Å²) < 4.78 is 4.73. The number of carbonyl (C=O) groups is 1. The molecule has 0 saturated heterocycles. The SMILES string of the molecule is COC(=O)N1CCCc2cc(N=[N+]=[N-])ccc21. The standard InChI is InChI=1S/C11H12N4O2/c1-17-11(16)15-6-2-3-8-7-9(13-14-12)4-5-10(8)15/h4-5,7H,2-3,6H2,1H3. The summed E-state index contributed by atoms with van der Waals surface area (Å²) in [4.78, 5) is 15.9. The average Bonchev–Trinajstić information content (AvgIpc) is 2.37. The molecule has 0 aliphatic carbocycles. The Morgan fingerprint density at radius 2 is 2.41 bits per heavy atom. The quantitative estimate of drug-likeness (QED) is 0.423. The summed E-state index contributed by atoms with van der Waals surface area (Å²) in [6.07, 6.45) is 1.39. The molecule has 6 heteroatoms. The number of hydrogen-bond donors (Lipinski definition) is 0. The highest BCUT2D eigenvalue weighted by atomic mass is 16.5. The van der Waals surface area contributed by atoms with Crippen LogP contribution >= 0.6 is 0 Å². The van der Waals surface area contributed by atoms with E-state index in [0.717, 1.165) is 24.1 Å².